The Kier molecular flexibility index (Phi) is 7.65. The zero-order valence-corrected chi connectivity index (χ0v) is 20.1. The van der Waals surface area contributed by atoms with E-state index in [4.69, 9.17) is 9.26 Å². The fraction of sp³-hybridized carbons (Fsp3) is 0.480. The minimum absolute atomic E-state index is 0.0232. The average Bonchev–Trinajstić information content (AvgIpc) is 3.56. The number of carbonyl (C=O) groups is 1. The maximum atomic E-state index is 12.9. The third kappa shape index (κ3) is 6.09. The smallest absolute Gasteiger partial charge is 0.241 e. The molecule has 0 saturated carbocycles. The summed E-state index contributed by atoms with van der Waals surface area (Å²) in [6.45, 7) is 7.24. The van der Waals surface area contributed by atoms with Gasteiger partial charge in [-0.15, -0.1) is 11.3 Å². The number of likely N-dealkylation sites (tertiary alicyclic amines) is 1. The van der Waals surface area contributed by atoms with Crippen molar-refractivity contribution in [2.45, 2.75) is 32.5 Å². The molecule has 0 aliphatic carbocycles. The number of hydrogen-bond donors (Lipinski definition) is 1. The van der Waals surface area contributed by atoms with Crippen molar-refractivity contribution < 1.29 is 14.1 Å². The van der Waals surface area contributed by atoms with E-state index in [1.165, 1.54) is 5.56 Å². The quantitative estimate of drug-likeness (QED) is 0.529. The third-order valence-corrected chi connectivity index (χ3v) is 7.28. The Morgan fingerprint density at radius 3 is 2.82 bits per heavy atom. The first-order valence-electron chi connectivity index (χ1n) is 12.0. The first-order valence-corrected chi connectivity index (χ1v) is 12.9. The van der Waals surface area contributed by atoms with Gasteiger partial charge in [-0.25, -0.2) is 0 Å². The van der Waals surface area contributed by atoms with Crippen LogP contribution in [0.2, 0.25) is 0 Å². The first-order chi connectivity index (χ1) is 16.7. The van der Waals surface area contributed by atoms with Gasteiger partial charge in [0.1, 0.15) is 0 Å². The molecule has 1 amide bonds. The van der Waals surface area contributed by atoms with E-state index in [9.17, 15) is 4.79 Å². The number of piperidine rings is 1. The van der Waals surface area contributed by atoms with E-state index in [-0.39, 0.29) is 11.8 Å². The molecule has 2 aromatic heterocycles. The second kappa shape index (κ2) is 11.2. The predicted octanol–water partition coefficient (Wildman–Crippen LogP) is 3.16. The molecule has 2 fully saturated rings. The number of rotatable bonds is 8. The molecule has 34 heavy (non-hydrogen) atoms. The van der Waals surface area contributed by atoms with E-state index in [2.05, 4.69) is 49.5 Å². The molecule has 1 atom stereocenters. The van der Waals surface area contributed by atoms with Gasteiger partial charge in [0.15, 0.2) is 0 Å². The minimum atomic E-state index is -0.0232. The maximum absolute atomic E-state index is 12.9. The second-order valence-electron chi connectivity index (χ2n) is 8.99. The van der Waals surface area contributed by atoms with Crippen LogP contribution in [-0.4, -0.2) is 65.2 Å². The average molecular weight is 482 g/mol. The van der Waals surface area contributed by atoms with Crippen molar-refractivity contribution >= 4 is 17.2 Å². The standard InChI is InChI=1S/C25H31N5O3S/c31-25(26-15-19-4-1-5-20(14-19)16-29-9-11-32-12-10-29)21-6-2-8-30(17-21)18-23-27-24(28-33-23)22-7-3-13-34-22/h1,3-5,7,13-14,21H,2,6,8-12,15-18H2,(H,26,31). The summed E-state index contributed by atoms with van der Waals surface area (Å²) in [6, 6.07) is 12.5. The van der Waals surface area contributed by atoms with E-state index in [1.807, 2.05) is 17.5 Å². The highest BCUT2D eigenvalue weighted by molar-refractivity contribution is 7.13. The van der Waals surface area contributed by atoms with Crippen LogP contribution in [0.5, 0.6) is 0 Å². The lowest BCUT2D eigenvalue weighted by Crippen LogP contribution is -2.42. The van der Waals surface area contributed by atoms with Crippen LogP contribution in [-0.2, 0) is 29.2 Å². The van der Waals surface area contributed by atoms with Gasteiger partial charge in [0.25, 0.3) is 0 Å². The third-order valence-electron chi connectivity index (χ3n) is 6.41. The summed E-state index contributed by atoms with van der Waals surface area (Å²) in [7, 11) is 0. The molecule has 2 aliphatic rings. The Labute approximate surface area is 203 Å². The molecule has 2 saturated heterocycles. The van der Waals surface area contributed by atoms with Crippen LogP contribution in [0, 0.1) is 5.92 Å². The van der Waals surface area contributed by atoms with Crippen LogP contribution in [0.3, 0.4) is 0 Å². The Bertz CT molecular complexity index is 1060. The van der Waals surface area contributed by atoms with E-state index in [0.717, 1.165) is 62.7 Å². The Morgan fingerprint density at radius 2 is 1.97 bits per heavy atom. The molecule has 2 aliphatic heterocycles. The molecule has 8 nitrogen and oxygen atoms in total. The fourth-order valence-electron chi connectivity index (χ4n) is 4.62. The van der Waals surface area contributed by atoms with Crippen molar-refractivity contribution in [2.75, 3.05) is 39.4 Å². The van der Waals surface area contributed by atoms with Gasteiger partial charge in [-0.3, -0.25) is 14.6 Å². The van der Waals surface area contributed by atoms with Crippen molar-refractivity contribution in [3.63, 3.8) is 0 Å². The number of amides is 1. The largest absolute Gasteiger partial charge is 0.379 e. The molecular formula is C25H31N5O3S. The van der Waals surface area contributed by atoms with Gasteiger partial charge in [-0.2, -0.15) is 4.98 Å². The van der Waals surface area contributed by atoms with Crippen molar-refractivity contribution in [2.24, 2.45) is 5.92 Å². The maximum Gasteiger partial charge on any atom is 0.241 e. The Hall–Kier alpha value is -2.59. The van der Waals surface area contributed by atoms with E-state index < -0.39 is 0 Å². The van der Waals surface area contributed by atoms with E-state index >= 15 is 0 Å². The summed E-state index contributed by atoms with van der Waals surface area (Å²) in [4.78, 5) is 23.1. The topological polar surface area (TPSA) is 83.7 Å². The highest BCUT2D eigenvalue weighted by atomic mass is 32.1. The van der Waals surface area contributed by atoms with Gasteiger partial charge < -0.3 is 14.6 Å². The molecule has 1 aromatic carbocycles. The molecule has 1 N–H and O–H groups in total. The molecule has 9 heteroatoms. The monoisotopic (exact) mass is 481 g/mol. The molecule has 180 valence electrons. The SMILES string of the molecule is O=C(NCc1cccc(CN2CCOCC2)c1)C1CCCN(Cc2nc(-c3cccs3)no2)C1. The van der Waals surface area contributed by atoms with Crippen LogP contribution >= 0.6 is 11.3 Å². The van der Waals surface area contributed by atoms with Gasteiger partial charge in [0, 0.05) is 32.7 Å². The van der Waals surface area contributed by atoms with E-state index in [1.54, 1.807) is 11.3 Å². The summed E-state index contributed by atoms with van der Waals surface area (Å²) >= 11 is 1.59. The number of benzene rings is 1. The first kappa shape index (κ1) is 23.2. The van der Waals surface area contributed by atoms with Crippen molar-refractivity contribution in [3.05, 3.63) is 58.8 Å². The highest BCUT2D eigenvalue weighted by Crippen LogP contribution is 2.23. The summed E-state index contributed by atoms with van der Waals surface area (Å²) in [5.41, 5.74) is 2.41. The fourth-order valence-corrected chi connectivity index (χ4v) is 5.27. The molecular weight excluding hydrogens is 450 g/mol. The minimum Gasteiger partial charge on any atom is -0.379 e. The van der Waals surface area contributed by atoms with Crippen LogP contribution < -0.4 is 5.32 Å². The predicted molar refractivity (Wildman–Crippen MR) is 130 cm³/mol. The number of nitrogens with one attached hydrogen (secondary N) is 1. The lowest BCUT2D eigenvalue weighted by atomic mass is 9.97. The summed E-state index contributed by atoms with van der Waals surface area (Å²) in [6.07, 6.45) is 1.89. The highest BCUT2D eigenvalue weighted by Gasteiger charge is 2.27. The van der Waals surface area contributed by atoms with Crippen molar-refractivity contribution in [3.8, 4) is 10.7 Å². The van der Waals surface area contributed by atoms with Gasteiger partial charge in [-0.1, -0.05) is 35.5 Å². The number of carbonyl (C=O) groups excluding carboxylic acids is 1. The number of morpholine rings is 1. The Balaban J connectivity index is 1.11. The van der Waals surface area contributed by atoms with E-state index in [0.29, 0.717) is 31.3 Å². The van der Waals surface area contributed by atoms with Crippen molar-refractivity contribution in [1.82, 2.24) is 25.3 Å². The molecule has 1 unspecified atom stereocenters. The van der Waals surface area contributed by atoms with Gasteiger partial charge in [0.05, 0.1) is 30.6 Å². The van der Waals surface area contributed by atoms with Crippen LogP contribution in [0.1, 0.15) is 29.9 Å². The Morgan fingerprint density at radius 1 is 1.09 bits per heavy atom. The number of thiophene rings is 1. The zero-order chi connectivity index (χ0) is 23.2. The normalized spacial score (nSPS) is 19.8. The number of hydrogen-bond acceptors (Lipinski definition) is 8. The lowest BCUT2D eigenvalue weighted by molar-refractivity contribution is -0.127. The number of ether oxygens (including phenoxy) is 1. The number of aromatic nitrogens is 2. The molecule has 0 radical (unpaired) electrons. The molecule has 5 rings (SSSR count). The van der Waals surface area contributed by atoms with Crippen molar-refractivity contribution in [1.29, 1.82) is 0 Å². The van der Waals surface area contributed by atoms with Crippen LogP contribution in [0.25, 0.3) is 10.7 Å². The lowest BCUT2D eigenvalue weighted by Gasteiger charge is -2.30. The van der Waals surface area contributed by atoms with Gasteiger partial charge in [0.2, 0.25) is 17.6 Å². The summed E-state index contributed by atoms with van der Waals surface area (Å²) in [5, 5.41) is 9.25. The molecule has 3 aromatic rings. The van der Waals surface area contributed by atoms with Crippen LogP contribution in [0.15, 0.2) is 46.3 Å². The summed E-state index contributed by atoms with van der Waals surface area (Å²) in [5.74, 6) is 1.33. The molecule has 4 heterocycles. The van der Waals surface area contributed by atoms with Gasteiger partial charge >= 0.3 is 0 Å². The van der Waals surface area contributed by atoms with Gasteiger partial charge in [-0.05, 0) is 42.0 Å². The second-order valence-corrected chi connectivity index (χ2v) is 9.94. The molecule has 0 spiro atoms. The summed E-state index contributed by atoms with van der Waals surface area (Å²) < 4.78 is 10.9. The van der Waals surface area contributed by atoms with Crippen LogP contribution in [0.4, 0.5) is 0 Å². The number of nitrogens with zero attached hydrogens (tertiary/aromatic N) is 4. The molecule has 0 bridgehead atoms. The zero-order valence-electron chi connectivity index (χ0n) is 19.3.